The molecule has 0 radical (unpaired) electrons. The van der Waals surface area contributed by atoms with Crippen LogP contribution in [-0.4, -0.2) is 18.6 Å². The van der Waals surface area contributed by atoms with E-state index in [-0.39, 0.29) is 6.04 Å². The normalized spacial score (nSPS) is 24.8. The summed E-state index contributed by atoms with van der Waals surface area (Å²) in [5.74, 6) is 0.762. The quantitative estimate of drug-likeness (QED) is 0.900. The second-order valence-electron chi connectivity index (χ2n) is 6.33. The smallest absolute Gasteiger partial charge is 0.0459 e. The molecule has 1 aliphatic rings. The Morgan fingerprint density at radius 1 is 1.35 bits per heavy atom. The highest BCUT2D eigenvalue weighted by molar-refractivity contribution is 6.31. The Morgan fingerprint density at radius 3 is 2.75 bits per heavy atom. The van der Waals surface area contributed by atoms with E-state index in [1.807, 2.05) is 0 Å². The number of anilines is 1. The van der Waals surface area contributed by atoms with Gasteiger partial charge in [-0.2, -0.15) is 0 Å². The van der Waals surface area contributed by atoms with E-state index in [2.05, 4.69) is 43.9 Å². The fourth-order valence-corrected chi connectivity index (χ4v) is 3.21. The minimum absolute atomic E-state index is 0.201. The summed E-state index contributed by atoms with van der Waals surface area (Å²) >= 11 is 6.45. The summed E-state index contributed by atoms with van der Waals surface area (Å²) < 4.78 is 0. The Morgan fingerprint density at radius 2 is 2.10 bits per heavy atom. The van der Waals surface area contributed by atoms with Gasteiger partial charge < -0.3 is 10.6 Å². The second kappa shape index (κ2) is 6.82. The third-order valence-corrected chi connectivity index (χ3v) is 4.84. The molecule has 0 aromatic heterocycles. The minimum Gasteiger partial charge on any atom is -0.369 e. The van der Waals surface area contributed by atoms with Crippen LogP contribution in [0.25, 0.3) is 0 Å². The van der Waals surface area contributed by atoms with Gasteiger partial charge in [-0.1, -0.05) is 31.5 Å². The van der Waals surface area contributed by atoms with Gasteiger partial charge in [0.15, 0.2) is 0 Å². The van der Waals surface area contributed by atoms with Crippen molar-refractivity contribution in [1.29, 1.82) is 0 Å². The molecule has 0 aliphatic carbocycles. The predicted molar refractivity (Wildman–Crippen MR) is 88.6 cm³/mol. The number of nitrogens with two attached hydrogens (primary N) is 1. The minimum atomic E-state index is 0.201. The Labute approximate surface area is 128 Å². The molecule has 2 nitrogen and oxygen atoms in total. The van der Waals surface area contributed by atoms with Crippen molar-refractivity contribution in [3.63, 3.8) is 0 Å². The molecule has 3 unspecified atom stereocenters. The van der Waals surface area contributed by atoms with Gasteiger partial charge in [-0.05, 0) is 56.2 Å². The van der Waals surface area contributed by atoms with E-state index < -0.39 is 0 Å². The third-order valence-electron chi connectivity index (χ3n) is 4.49. The number of halogens is 1. The first-order valence-electron chi connectivity index (χ1n) is 7.81. The molecule has 3 heteroatoms. The number of rotatable bonds is 4. The molecule has 3 atom stereocenters. The summed E-state index contributed by atoms with van der Waals surface area (Å²) in [7, 11) is 0. The lowest BCUT2D eigenvalue weighted by Gasteiger charge is -2.38. The summed E-state index contributed by atoms with van der Waals surface area (Å²) in [6.07, 6.45) is 4.44. The molecule has 0 saturated carbocycles. The predicted octanol–water partition coefficient (Wildman–Crippen LogP) is 4.24. The van der Waals surface area contributed by atoms with Gasteiger partial charge in [-0.3, -0.25) is 0 Å². The molecule has 0 amide bonds. The van der Waals surface area contributed by atoms with Crippen LogP contribution in [0.5, 0.6) is 0 Å². The molecule has 1 saturated heterocycles. The molecule has 2 N–H and O–H groups in total. The van der Waals surface area contributed by atoms with Gasteiger partial charge in [-0.15, -0.1) is 0 Å². The van der Waals surface area contributed by atoms with Crippen LogP contribution in [0.4, 0.5) is 5.69 Å². The van der Waals surface area contributed by atoms with Gasteiger partial charge in [0.05, 0.1) is 0 Å². The Balaban J connectivity index is 2.15. The topological polar surface area (TPSA) is 29.3 Å². The molecule has 0 spiro atoms. The average molecular weight is 295 g/mol. The van der Waals surface area contributed by atoms with Crippen molar-refractivity contribution >= 4 is 17.3 Å². The summed E-state index contributed by atoms with van der Waals surface area (Å²) in [6, 6.07) is 7.28. The zero-order valence-corrected chi connectivity index (χ0v) is 13.7. The number of benzene rings is 1. The van der Waals surface area contributed by atoms with E-state index in [1.165, 1.54) is 24.1 Å². The highest BCUT2D eigenvalue weighted by Gasteiger charge is 2.23. The largest absolute Gasteiger partial charge is 0.369 e. The van der Waals surface area contributed by atoms with Crippen LogP contribution in [0.3, 0.4) is 0 Å². The third kappa shape index (κ3) is 3.67. The van der Waals surface area contributed by atoms with Gasteiger partial charge in [0.1, 0.15) is 0 Å². The van der Waals surface area contributed by atoms with Crippen molar-refractivity contribution < 1.29 is 0 Å². The molecule has 1 aliphatic heterocycles. The summed E-state index contributed by atoms with van der Waals surface area (Å²) in [6.45, 7) is 7.88. The Kier molecular flexibility index (Phi) is 5.34. The molecule has 1 fully saturated rings. The second-order valence-corrected chi connectivity index (χ2v) is 6.74. The average Bonchev–Trinajstić information content (AvgIpc) is 2.43. The lowest BCUT2D eigenvalue weighted by molar-refractivity contribution is 0.390. The molecule has 1 aromatic carbocycles. The summed E-state index contributed by atoms with van der Waals surface area (Å²) in [5, 5.41) is 0.858. The number of hydrogen-bond donors (Lipinski definition) is 1. The van der Waals surface area contributed by atoms with Crippen LogP contribution in [0.1, 0.15) is 45.6 Å². The zero-order chi connectivity index (χ0) is 14.7. The molecule has 2 rings (SSSR count). The van der Waals surface area contributed by atoms with Crippen LogP contribution in [0.15, 0.2) is 18.2 Å². The molecule has 1 aromatic rings. The van der Waals surface area contributed by atoms with Crippen LogP contribution in [0, 0.1) is 5.92 Å². The highest BCUT2D eigenvalue weighted by Crippen LogP contribution is 2.31. The van der Waals surface area contributed by atoms with E-state index in [9.17, 15) is 0 Å². The number of nitrogens with zero attached hydrogens (tertiary/aromatic N) is 1. The van der Waals surface area contributed by atoms with Crippen molar-refractivity contribution in [3.8, 4) is 0 Å². The van der Waals surface area contributed by atoms with Crippen molar-refractivity contribution in [2.75, 3.05) is 11.4 Å². The van der Waals surface area contributed by atoms with Gasteiger partial charge in [-0.25, -0.2) is 0 Å². The number of piperidine rings is 1. The van der Waals surface area contributed by atoms with Gasteiger partial charge in [0.25, 0.3) is 0 Å². The van der Waals surface area contributed by atoms with E-state index in [1.54, 1.807) is 0 Å². The first-order chi connectivity index (χ1) is 9.51. The zero-order valence-electron chi connectivity index (χ0n) is 12.9. The van der Waals surface area contributed by atoms with Gasteiger partial charge in [0.2, 0.25) is 0 Å². The van der Waals surface area contributed by atoms with Crippen LogP contribution in [0.2, 0.25) is 5.02 Å². The van der Waals surface area contributed by atoms with Gasteiger partial charge >= 0.3 is 0 Å². The van der Waals surface area contributed by atoms with E-state index in [4.69, 9.17) is 17.3 Å². The number of hydrogen-bond acceptors (Lipinski definition) is 2. The fourth-order valence-electron chi connectivity index (χ4n) is 2.96. The van der Waals surface area contributed by atoms with Crippen molar-refractivity contribution in [2.45, 2.75) is 58.5 Å². The maximum atomic E-state index is 6.45. The van der Waals surface area contributed by atoms with Crippen molar-refractivity contribution in [3.05, 3.63) is 28.8 Å². The Bertz CT molecular complexity index is 447. The lowest BCUT2D eigenvalue weighted by atomic mass is 9.94. The van der Waals surface area contributed by atoms with E-state index in [0.29, 0.717) is 6.04 Å². The van der Waals surface area contributed by atoms with Crippen LogP contribution < -0.4 is 10.6 Å². The molecule has 1 heterocycles. The molecule has 20 heavy (non-hydrogen) atoms. The van der Waals surface area contributed by atoms with Crippen molar-refractivity contribution in [2.24, 2.45) is 11.7 Å². The molecular formula is C17H27ClN2. The standard InChI is InChI=1S/C17H27ClN2/c1-4-15(19)9-14-7-8-16(10-17(14)18)20-11-12(2)5-6-13(20)3/h7-8,10,12-13,15H,4-6,9,11,19H2,1-3H3. The SMILES string of the molecule is CCC(N)Cc1ccc(N2CC(C)CCC2C)cc1Cl. The molecule has 112 valence electrons. The lowest BCUT2D eigenvalue weighted by Crippen LogP contribution is -2.41. The summed E-state index contributed by atoms with van der Waals surface area (Å²) in [4.78, 5) is 2.49. The monoisotopic (exact) mass is 294 g/mol. The molecular weight excluding hydrogens is 268 g/mol. The maximum absolute atomic E-state index is 6.45. The summed E-state index contributed by atoms with van der Waals surface area (Å²) in [5.41, 5.74) is 8.45. The van der Waals surface area contributed by atoms with Crippen molar-refractivity contribution in [1.82, 2.24) is 0 Å². The van der Waals surface area contributed by atoms with E-state index >= 15 is 0 Å². The highest BCUT2D eigenvalue weighted by atomic mass is 35.5. The fraction of sp³-hybridized carbons (Fsp3) is 0.647. The van der Waals surface area contributed by atoms with E-state index in [0.717, 1.165) is 30.3 Å². The van der Waals surface area contributed by atoms with Gasteiger partial charge in [0, 0.05) is 29.3 Å². The Hall–Kier alpha value is -0.730. The molecule has 0 bridgehead atoms. The van der Waals surface area contributed by atoms with Crippen LogP contribution >= 0.6 is 11.6 Å². The first kappa shape index (κ1) is 15.7. The first-order valence-corrected chi connectivity index (χ1v) is 8.19. The van der Waals surface area contributed by atoms with Crippen LogP contribution in [-0.2, 0) is 6.42 Å². The maximum Gasteiger partial charge on any atom is 0.0459 e.